The number of guanidine groups is 1. The van der Waals surface area contributed by atoms with Gasteiger partial charge in [-0.3, -0.25) is 4.99 Å². The van der Waals surface area contributed by atoms with Gasteiger partial charge in [0.25, 0.3) is 0 Å². The van der Waals surface area contributed by atoms with E-state index in [-0.39, 0.29) is 29.9 Å². The summed E-state index contributed by atoms with van der Waals surface area (Å²) in [4.78, 5) is 13.7. The molecule has 0 saturated heterocycles. The third-order valence-corrected chi connectivity index (χ3v) is 4.63. The van der Waals surface area contributed by atoms with Crippen LogP contribution in [-0.4, -0.2) is 45.3 Å². The van der Waals surface area contributed by atoms with Gasteiger partial charge in [-0.05, 0) is 32.4 Å². The van der Waals surface area contributed by atoms with Gasteiger partial charge in [-0.15, -0.1) is 24.0 Å². The lowest BCUT2D eigenvalue weighted by Crippen LogP contribution is -2.38. The third-order valence-electron chi connectivity index (χ3n) is 4.63. The molecule has 30 heavy (non-hydrogen) atoms. The molecule has 2 aromatic heterocycles. The highest BCUT2D eigenvalue weighted by Gasteiger charge is 2.09. The number of aromatic nitrogens is 4. The van der Waals surface area contributed by atoms with E-state index >= 15 is 0 Å². The lowest BCUT2D eigenvalue weighted by atomic mass is 10.2. The van der Waals surface area contributed by atoms with Crippen molar-refractivity contribution >= 4 is 41.0 Å². The van der Waals surface area contributed by atoms with Crippen LogP contribution in [0.4, 0.5) is 0 Å². The molecule has 0 saturated carbocycles. The number of aryl methyl sites for hydroxylation is 2. The molecule has 164 valence electrons. The molecule has 0 spiro atoms. The molecule has 0 bridgehead atoms. The number of para-hydroxylation sites is 2. The van der Waals surface area contributed by atoms with E-state index in [1.807, 2.05) is 6.07 Å². The van der Waals surface area contributed by atoms with Crippen LogP contribution in [0.15, 0.2) is 33.8 Å². The van der Waals surface area contributed by atoms with Gasteiger partial charge in [0.05, 0.1) is 11.0 Å². The fraction of sp³-hybridized carbons (Fsp3) is 0.524. The van der Waals surface area contributed by atoms with Crippen molar-refractivity contribution < 1.29 is 4.52 Å². The van der Waals surface area contributed by atoms with Crippen molar-refractivity contribution in [3.8, 4) is 0 Å². The van der Waals surface area contributed by atoms with Crippen LogP contribution in [0.5, 0.6) is 0 Å². The Morgan fingerprint density at radius 2 is 2.00 bits per heavy atom. The normalized spacial score (nSPS) is 11.7. The summed E-state index contributed by atoms with van der Waals surface area (Å²) in [5.74, 6) is 3.53. The quantitative estimate of drug-likeness (QED) is 0.192. The Morgan fingerprint density at radius 3 is 2.73 bits per heavy atom. The van der Waals surface area contributed by atoms with Crippen molar-refractivity contribution in [3.63, 3.8) is 0 Å². The molecule has 2 heterocycles. The van der Waals surface area contributed by atoms with Gasteiger partial charge in [-0.2, -0.15) is 4.98 Å². The predicted molar refractivity (Wildman–Crippen MR) is 131 cm³/mol. The molecular weight excluding hydrogens is 493 g/mol. The second-order valence-corrected chi connectivity index (χ2v) is 7.29. The number of hydrogen-bond acceptors (Lipinski definition) is 5. The van der Waals surface area contributed by atoms with Crippen molar-refractivity contribution in [2.75, 3.05) is 19.6 Å². The van der Waals surface area contributed by atoms with E-state index in [0.29, 0.717) is 18.9 Å². The summed E-state index contributed by atoms with van der Waals surface area (Å²) in [6.07, 6.45) is 1.61. The maximum Gasteiger partial charge on any atom is 0.228 e. The van der Waals surface area contributed by atoms with Gasteiger partial charge in [0.15, 0.2) is 11.8 Å². The molecule has 0 radical (unpaired) electrons. The molecule has 0 atom stereocenters. The molecule has 2 N–H and O–H groups in total. The van der Waals surface area contributed by atoms with E-state index in [1.165, 1.54) is 5.52 Å². The molecule has 0 aliphatic carbocycles. The summed E-state index contributed by atoms with van der Waals surface area (Å²) in [6, 6.07) is 8.25. The number of nitrogens with one attached hydrogen (secondary N) is 2. The molecule has 9 heteroatoms. The summed E-state index contributed by atoms with van der Waals surface area (Å²) in [5, 5.41) is 10.6. The first-order valence-electron chi connectivity index (χ1n) is 10.3. The van der Waals surface area contributed by atoms with Crippen LogP contribution in [0.3, 0.4) is 0 Å². The SMILES string of the molecule is CCNC(=NCCCn1c(C)nc2ccccc21)NCCc1nc(C(C)C)no1.I. The van der Waals surface area contributed by atoms with Crippen molar-refractivity contribution in [3.05, 3.63) is 41.8 Å². The minimum absolute atomic E-state index is 0. The first-order chi connectivity index (χ1) is 14.1. The molecular formula is C21H32IN7O. The topological polar surface area (TPSA) is 93.2 Å². The van der Waals surface area contributed by atoms with E-state index in [2.05, 4.69) is 81.2 Å². The Balaban J connectivity index is 0.00000320. The van der Waals surface area contributed by atoms with Crippen LogP contribution in [0.1, 0.15) is 50.6 Å². The first kappa shape index (κ1) is 24.1. The maximum atomic E-state index is 5.28. The van der Waals surface area contributed by atoms with E-state index in [0.717, 1.165) is 49.2 Å². The molecule has 0 aliphatic rings. The number of hydrogen-bond donors (Lipinski definition) is 2. The highest BCUT2D eigenvalue weighted by atomic mass is 127. The summed E-state index contributed by atoms with van der Waals surface area (Å²) in [5.41, 5.74) is 2.23. The smallest absolute Gasteiger partial charge is 0.228 e. The molecule has 0 amide bonds. The standard InChI is InChI=1S/C21H31N7O.HI/c1-5-22-21(24-13-11-19-26-20(15(2)3)27-29-19)23-12-8-14-28-16(4)25-17-9-6-7-10-18(17)28;/h6-7,9-10,15H,5,8,11-14H2,1-4H3,(H2,22,23,24);1H. The van der Waals surface area contributed by atoms with Crippen LogP contribution >= 0.6 is 24.0 Å². The Kier molecular flexibility index (Phi) is 9.54. The number of fused-ring (bicyclic) bond motifs is 1. The third kappa shape index (κ3) is 6.41. The van der Waals surface area contributed by atoms with Crippen molar-refractivity contribution in [2.45, 2.75) is 53.0 Å². The second kappa shape index (κ2) is 11.9. The summed E-state index contributed by atoms with van der Waals surface area (Å²) < 4.78 is 7.54. The molecule has 0 fully saturated rings. The van der Waals surface area contributed by atoms with Crippen LogP contribution in [0, 0.1) is 6.92 Å². The zero-order valence-corrected chi connectivity index (χ0v) is 20.5. The van der Waals surface area contributed by atoms with Crippen molar-refractivity contribution in [1.82, 2.24) is 30.3 Å². The van der Waals surface area contributed by atoms with Crippen molar-refractivity contribution in [2.24, 2.45) is 4.99 Å². The monoisotopic (exact) mass is 525 g/mol. The van der Waals surface area contributed by atoms with Gasteiger partial charge in [0, 0.05) is 38.5 Å². The summed E-state index contributed by atoms with van der Waals surface area (Å²) in [6.45, 7) is 11.4. The predicted octanol–water partition coefficient (Wildman–Crippen LogP) is 3.66. The highest BCUT2D eigenvalue weighted by Crippen LogP contribution is 2.15. The Hall–Kier alpha value is -2.17. The number of imidazole rings is 1. The summed E-state index contributed by atoms with van der Waals surface area (Å²) >= 11 is 0. The van der Waals surface area contributed by atoms with E-state index < -0.39 is 0 Å². The minimum atomic E-state index is 0. The highest BCUT2D eigenvalue weighted by molar-refractivity contribution is 14.0. The molecule has 8 nitrogen and oxygen atoms in total. The second-order valence-electron chi connectivity index (χ2n) is 7.29. The van der Waals surface area contributed by atoms with Gasteiger partial charge in [0.2, 0.25) is 5.89 Å². The zero-order chi connectivity index (χ0) is 20.6. The Morgan fingerprint density at radius 1 is 1.20 bits per heavy atom. The van der Waals surface area contributed by atoms with Crippen molar-refractivity contribution in [1.29, 1.82) is 0 Å². The van der Waals surface area contributed by atoms with E-state index in [4.69, 9.17) is 4.52 Å². The van der Waals surface area contributed by atoms with Gasteiger partial charge < -0.3 is 19.7 Å². The van der Waals surface area contributed by atoms with Crippen LogP contribution in [0.2, 0.25) is 0 Å². The van der Waals surface area contributed by atoms with Crippen LogP contribution in [-0.2, 0) is 13.0 Å². The van der Waals surface area contributed by atoms with E-state index in [1.54, 1.807) is 0 Å². The van der Waals surface area contributed by atoms with Crippen LogP contribution in [0.25, 0.3) is 11.0 Å². The average Bonchev–Trinajstić information content (AvgIpc) is 3.29. The van der Waals surface area contributed by atoms with Gasteiger partial charge in [-0.1, -0.05) is 31.1 Å². The fourth-order valence-electron chi connectivity index (χ4n) is 3.13. The fourth-order valence-corrected chi connectivity index (χ4v) is 3.13. The lowest BCUT2D eigenvalue weighted by Gasteiger charge is -2.11. The minimum Gasteiger partial charge on any atom is -0.357 e. The molecule has 0 unspecified atom stereocenters. The van der Waals surface area contributed by atoms with Gasteiger partial charge in [0.1, 0.15) is 5.82 Å². The largest absolute Gasteiger partial charge is 0.357 e. The number of nitrogens with zero attached hydrogens (tertiary/aromatic N) is 5. The Labute approximate surface area is 195 Å². The Bertz CT molecular complexity index is 948. The molecule has 3 rings (SSSR count). The molecule has 3 aromatic rings. The van der Waals surface area contributed by atoms with E-state index in [9.17, 15) is 0 Å². The molecule has 1 aromatic carbocycles. The van der Waals surface area contributed by atoms with Gasteiger partial charge >= 0.3 is 0 Å². The van der Waals surface area contributed by atoms with Crippen LogP contribution < -0.4 is 10.6 Å². The zero-order valence-electron chi connectivity index (χ0n) is 18.2. The average molecular weight is 525 g/mol. The number of halogens is 1. The number of rotatable bonds is 9. The first-order valence-corrected chi connectivity index (χ1v) is 10.3. The number of aliphatic imine (C=N–C) groups is 1. The molecule has 0 aliphatic heterocycles. The maximum absolute atomic E-state index is 5.28. The number of benzene rings is 1. The van der Waals surface area contributed by atoms with Gasteiger partial charge in [-0.25, -0.2) is 4.98 Å². The summed E-state index contributed by atoms with van der Waals surface area (Å²) in [7, 11) is 0. The lowest BCUT2D eigenvalue weighted by molar-refractivity contribution is 0.371.